The lowest BCUT2D eigenvalue weighted by atomic mass is 9.75. The molecule has 1 saturated carbocycles. The lowest BCUT2D eigenvalue weighted by molar-refractivity contribution is -0.135. The number of fused-ring (bicyclic) bond motifs is 2. The summed E-state index contributed by atoms with van der Waals surface area (Å²) in [6.07, 6.45) is 6.66. The van der Waals surface area contributed by atoms with Gasteiger partial charge in [-0.25, -0.2) is 31.9 Å². The molecule has 8 heterocycles. The van der Waals surface area contributed by atoms with Crippen LogP contribution in [0.5, 0.6) is 0 Å². The Hall–Kier alpha value is -5.83. The number of imide groups is 1. The number of carbonyl (C=O) groups is 3. The van der Waals surface area contributed by atoms with E-state index in [1.165, 1.54) is 30.7 Å². The summed E-state index contributed by atoms with van der Waals surface area (Å²) in [7, 11) is 3.27. The molecule has 5 fully saturated rings. The first-order chi connectivity index (χ1) is 31.2. The molecule has 2 N–H and O–H groups in total. The van der Waals surface area contributed by atoms with Crippen LogP contribution in [-0.4, -0.2) is 121 Å². The van der Waals surface area contributed by atoms with Gasteiger partial charge in [-0.1, -0.05) is 6.07 Å². The van der Waals surface area contributed by atoms with E-state index in [9.17, 15) is 28.0 Å². The number of ether oxygens (including phenoxy) is 1. The second kappa shape index (κ2) is 16.6. The van der Waals surface area contributed by atoms with Gasteiger partial charge in [0.05, 0.1) is 53.8 Å². The predicted octanol–water partition coefficient (Wildman–Crippen LogP) is 4.94. The number of para-hydroxylation sites is 1. The molecule has 5 aliphatic rings. The minimum absolute atomic E-state index is 0.0878. The number of anilines is 3. The van der Waals surface area contributed by atoms with Gasteiger partial charge in [0, 0.05) is 64.1 Å². The Morgan fingerprint density at radius 2 is 1.85 bits per heavy atom. The summed E-state index contributed by atoms with van der Waals surface area (Å²) >= 11 is 0. The Labute approximate surface area is 370 Å². The van der Waals surface area contributed by atoms with Crippen molar-refractivity contribution >= 4 is 51.6 Å². The molecule has 1 spiro atoms. The van der Waals surface area contributed by atoms with E-state index < -0.39 is 60.1 Å². The molecule has 17 nitrogen and oxygen atoms in total. The van der Waals surface area contributed by atoms with E-state index in [2.05, 4.69) is 25.7 Å². The molecule has 2 unspecified atom stereocenters. The fraction of sp³-hybridized carbons (Fsp3) is 0.568. The van der Waals surface area contributed by atoms with Gasteiger partial charge in [-0.05, 0) is 82.5 Å². The molecule has 0 radical (unpaired) electrons. The van der Waals surface area contributed by atoms with Crippen molar-refractivity contribution in [1.82, 2.24) is 43.7 Å². The van der Waals surface area contributed by atoms with E-state index in [1.54, 1.807) is 48.3 Å². The Morgan fingerprint density at radius 3 is 2.57 bits per heavy atom. The molecule has 65 heavy (non-hydrogen) atoms. The van der Waals surface area contributed by atoms with Crippen LogP contribution < -0.4 is 26.1 Å². The number of rotatable bonds is 10. The highest BCUT2D eigenvalue weighted by atomic mass is 19.3. The maximum Gasteiger partial charge on any atom is 0.329 e. The molecule has 10 rings (SSSR count). The van der Waals surface area contributed by atoms with E-state index in [0.29, 0.717) is 73.6 Å². The number of hydrogen-bond acceptors (Lipinski definition) is 11. The summed E-state index contributed by atoms with van der Waals surface area (Å²) < 4.78 is 72.6. The topological polar surface area (TPSA) is 169 Å². The molecule has 5 aromatic rings. The van der Waals surface area contributed by atoms with Gasteiger partial charge < -0.3 is 19.9 Å². The van der Waals surface area contributed by atoms with Crippen LogP contribution in [-0.2, 0) is 21.4 Å². The van der Waals surface area contributed by atoms with Crippen molar-refractivity contribution in [2.24, 2.45) is 18.4 Å². The fourth-order valence-electron chi connectivity index (χ4n) is 11.0. The molecule has 4 aromatic heterocycles. The quantitative estimate of drug-likeness (QED) is 0.144. The summed E-state index contributed by atoms with van der Waals surface area (Å²) in [6, 6.07) is 4.78. The average Bonchev–Trinajstić information content (AvgIpc) is 3.97. The third-order valence-electron chi connectivity index (χ3n) is 14.4. The van der Waals surface area contributed by atoms with Crippen molar-refractivity contribution in [3.63, 3.8) is 0 Å². The lowest BCUT2D eigenvalue weighted by Gasteiger charge is -2.52. The molecule has 1 aromatic carbocycles. The molecular weight excluding hydrogens is 853 g/mol. The molecule has 4 saturated heterocycles. The summed E-state index contributed by atoms with van der Waals surface area (Å²) in [6.45, 7) is 3.27. The highest BCUT2D eigenvalue weighted by Gasteiger charge is 2.48. The van der Waals surface area contributed by atoms with Gasteiger partial charge in [-0.2, -0.15) is 10.2 Å². The van der Waals surface area contributed by atoms with Crippen LogP contribution >= 0.6 is 0 Å². The molecule has 0 bridgehead atoms. The van der Waals surface area contributed by atoms with Crippen molar-refractivity contribution in [1.29, 1.82) is 0 Å². The van der Waals surface area contributed by atoms with Gasteiger partial charge in [0.25, 0.3) is 18.3 Å². The first-order valence-corrected chi connectivity index (χ1v) is 22.4. The maximum atomic E-state index is 16.2. The number of hydrogen-bond donors (Lipinski definition) is 2. The maximum absolute atomic E-state index is 16.2. The van der Waals surface area contributed by atoms with Crippen molar-refractivity contribution < 1.29 is 36.7 Å². The van der Waals surface area contributed by atoms with E-state index in [4.69, 9.17) is 9.72 Å². The molecule has 3 amide bonds. The number of benzene rings is 1. The number of nitrogens with one attached hydrogen (secondary N) is 2. The SMILES string of the molecule is CN(C[C@H]1CC[C@H](n2cc(NC(=O)c3cnn4ccc(N5CC6(CCCOC6)C5)nc34)c(C(F)F)n2)CC1)C1CCN(c2cccc3c2n(C)c(=O)n3C2CCC(=O)NC2=O)CC1(F)F. The minimum Gasteiger partial charge on any atom is -0.381 e. The van der Waals surface area contributed by atoms with Crippen molar-refractivity contribution in [3.8, 4) is 0 Å². The molecule has 2 atom stereocenters. The highest BCUT2D eigenvalue weighted by molar-refractivity contribution is 6.08. The van der Waals surface area contributed by atoms with Gasteiger partial charge in [0.2, 0.25) is 11.8 Å². The van der Waals surface area contributed by atoms with Crippen LogP contribution in [0.3, 0.4) is 0 Å². The molecule has 346 valence electrons. The number of aromatic nitrogens is 7. The zero-order valence-electron chi connectivity index (χ0n) is 36.3. The molecule has 21 heteroatoms. The highest BCUT2D eigenvalue weighted by Crippen LogP contribution is 2.42. The summed E-state index contributed by atoms with van der Waals surface area (Å²) in [4.78, 5) is 61.8. The Kier molecular flexibility index (Phi) is 11.0. The van der Waals surface area contributed by atoms with Crippen molar-refractivity contribution in [2.75, 3.05) is 68.1 Å². The van der Waals surface area contributed by atoms with Gasteiger partial charge in [0.1, 0.15) is 17.4 Å². The van der Waals surface area contributed by atoms with Gasteiger partial charge >= 0.3 is 5.69 Å². The van der Waals surface area contributed by atoms with Gasteiger partial charge in [-0.3, -0.25) is 38.4 Å². The second-order valence-electron chi connectivity index (χ2n) is 18.7. The van der Waals surface area contributed by atoms with Crippen LogP contribution in [0.2, 0.25) is 0 Å². The summed E-state index contributed by atoms with van der Waals surface area (Å²) in [5.41, 5.74) is 0.815. The third-order valence-corrected chi connectivity index (χ3v) is 14.4. The number of imidazole rings is 1. The largest absolute Gasteiger partial charge is 0.381 e. The smallest absolute Gasteiger partial charge is 0.329 e. The molecule has 1 aliphatic carbocycles. The lowest BCUT2D eigenvalue weighted by Crippen LogP contribution is -2.60. The number of aryl methyl sites for hydroxylation is 1. The van der Waals surface area contributed by atoms with Crippen LogP contribution in [0.15, 0.2) is 47.7 Å². The van der Waals surface area contributed by atoms with E-state index >= 15 is 8.78 Å². The Morgan fingerprint density at radius 1 is 1.05 bits per heavy atom. The van der Waals surface area contributed by atoms with E-state index in [-0.39, 0.29) is 47.9 Å². The van der Waals surface area contributed by atoms with Crippen molar-refractivity contribution in [3.05, 3.63) is 64.6 Å². The summed E-state index contributed by atoms with van der Waals surface area (Å²) in [5.74, 6) is -3.92. The number of amides is 3. The fourth-order valence-corrected chi connectivity index (χ4v) is 11.0. The predicted molar refractivity (Wildman–Crippen MR) is 231 cm³/mol. The Balaban J connectivity index is 0.762. The van der Waals surface area contributed by atoms with E-state index in [0.717, 1.165) is 32.5 Å². The monoisotopic (exact) mass is 904 g/mol. The standard InChI is InChI=1S/C44H52F4N12O5/c1-54(33-13-16-56(24-44(33,47)48)30-5-3-6-31-37(30)55(2)42(64)60(31)32-11-12-35(61)52-41(32)63)20-26-7-9-27(10-8-26)59-21-29(36(53-59)38(45)46)50-40(62)28-19-49-58-17-14-34(51-39(28)58)57-22-43(23-57)15-4-18-65-25-43/h3,5-6,14,17,19,21,26-27,32-33,38H,4,7-13,15-16,18,20,22-25H2,1-2H3,(H,50,62)(H,52,61,63)/t26-,27-,32?,33?. The van der Waals surface area contributed by atoms with Gasteiger partial charge in [0.15, 0.2) is 11.3 Å². The molecular formula is C44H52F4N12O5. The van der Waals surface area contributed by atoms with Crippen LogP contribution in [0.25, 0.3) is 16.7 Å². The zero-order chi connectivity index (χ0) is 45.4. The summed E-state index contributed by atoms with van der Waals surface area (Å²) in [5, 5.41) is 13.4. The normalized spacial score (nSPS) is 24.6. The van der Waals surface area contributed by atoms with Crippen LogP contribution in [0.1, 0.15) is 92.3 Å². The third kappa shape index (κ3) is 7.82. The number of nitrogens with zero attached hydrogens (tertiary/aromatic N) is 10. The molecule has 4 aliphatic heterocycles. The minimum atomic E-state index is -3.11. The van der Waals surface area contributed by atoms with Crippen molar-refractivity contribution in [2.45, 2.75) is 88.3 Å². The van der Waals surface area contributed by atoms with Crippen LogP contribution in [0.4, 0.5) is 34.8 Å². The first kappa shape index (κ1) is 43.1. The first-order valence-electron chi connectivity index (χ1n) is 22.4. The zero-order valence-corrected chi connectivity index (χ0v) is 36.3. The number of carbonyl (C=O) groups excluding carboxylic acids is 3. The van der Waals surface area contributed by atoms with Crippen LogP contribution in [0, 0.1) is 11.3 Å². The number of piperidine rings is 2. The second-order valence-corrected chi connectivity index (χ2v) is 18.7. The average molecular weight is 905 g/mol. The number of halogens is 4. The van der Waals surface area contributed by atoms with E-state index in [1.807, 2.05) is 6.07 Å². The number of alkyl halides is 4. The Bertz CT molecular complexity index is 2710. The van der Waals surface area contributed by atoms with Gasteiger partial charge in [-0.15, -0.1) is 0 Å².